The Morgan fingerprint density at radius 3 is 2.70 bits per heavy atom. The molecule has 128 valence electrons. The number of rotatable bonds is 6. The molecule has 1 aromatic rings. The second-order valence-corrected chi connectivity index (χ2v) is 6.97. The first-order valence-corrected chi connectivity index (χ1v) is 8.96. The molecule has 2 rings (SSSR count). The van der Waals surface area contributed by atoms with Crippen molar-refractivity contribution < 1.29 is 17.9 Å². The van der Waals surface area contributed by atoms with Gasteiger partial charge in [-0.15, -0.1) is 0 Å². The number of benzene rings is 1. The van der Waals surface area contributed by atoms with Gasteiger partial charge in [-0.3, -0.25) is 4.99 Å². The number of sulfonamides is 1. The number of fused-ring (bicyclic) bond motifs is 1. The number of guanidine groups is 1. The Hall–Kier alpha value is -1.80. The number of anilines is 1. The number of methoxy groups -OCH3 is 2. The number of hydrogen-bond acceptors (Lipinski definition) is 5. The fourth-order valence-corrected chi connectivity index (χ4v) is 3.94. The average Bonchev–Trinajstić information content (AvgIpc) is 2.54. The van der Waals surface area contributed by atoms with E-state index < -0.39 is 16.3 Å². The molecule has 1 N–H and O–H groups in total. The van der Waals surface area contributed by atoms with Crippen LogP contribution < -0.4 is 10.1 Å². The molecule has 7 nitrogen and oxygen atoms in total. The van der Waals surface area contributed by atoms with Crippen molar-refractivity contribution in [1.29, 1.82) is 0 Å². The Morgan fingerprint density at radius 1 is 1.35 bits per heavy atom. The lowest BCUT2D eigenvalue weighted by Gasteiger charge is -2.35. The summed E-state index contributed by atoms with van der Waals surface area (Å²) in [6.45, 7) is 4.27. The molecule has 1 aromatic carbocycles. The summed E-state index contributed by atoms with van der Waals surface area (Å²) < 4.78 is 37.5. The van der Waals surface area contributed by atoms with Gasteiger partial charge in [0.25, 0.3) is 10.0 Å². The van der Waals surface area contributed by atoms with Crippen LogP contribution in [0, 0.1) is 0 Å². The highest BCUT2D eigenvalue weighted by Gasteiger charge is 2.38. The Balaban J connectivity index is 2.53. The van der Waals surface area contributed by atoms with Crippen LogP contribution in [-0.4, -0.2) is 45.7 Å². The van der Waals surface area contributed by atoms with Crippen molar-refractivity contribution in [1.82, 2.24) is 4.31 Å². The molecule has 1 heterocycles. The molecule has 8 heteroatoms. The topological polar surface area (TPSA) is 80.2 Å². The number of aliphatic imine (C=N–C) groups is 1. The van der Waals surface area contributed by atoms with E-state index in [0.717, 1.165) is 12.8 Å². The standard InChI is InChI=1S/C15H23N3O4S/c1-5-6-9-16-15-17-13-8-7-12(22-4)10-14(13)23(19,20)18(15)11(2)21-3/h7-8,10-11H,5-6,9H2,1-4H3,(H,16,17). The van der Waals surface area contributed by atoms with E-state index in [2.05, 4.69) is 17.2 Å². The summed E-state index contributed by atoms with van der Waals surface area (Å²) in [6, 6.07) is 4.88. The minimum atomic E-state index is -3.78. The van der Waals surface area contributed by atoms with Gasteiger partial charge in [0.05, 0.1) is 12.8 Å². The number of nitrogens with zero attached hydrogens (tertiary/aromatic N) is 2. The molecule has 0 spiro atoms. The second kappa shape index (κ2) is 7.18. The molecule has 0 saturated heterocycles. The maximum Gasteiger partial charge on any atom is 0.270 e. The van der Waals surface area contributed by atoms with E-state index in [-0.39, 0.29) is 10.9 Å². The van der Waals surface area contributed by atoms with Gasteiger partial charge >= 0.3 is 0 Å². The molecule has 1 atom stereocenters. The molecule has 1 aliphatic rings. The summed E-state index contributed by atoms with van der Waals surface area (Å²) >= 11 is 0. The van der Waals surface area contributed by atoms with Crippen molar-refractivity contribution in [3.63, 3.8) is 0 Å². The molecule has 0 aromatic heterocycles. The summed E-state index contributed by atoms with van der Waals surface area (Å²) in [5.41, 5.74) is 0.487. The van der Waals surface area contributed by atoms with E-state index in [1.165, 1.54) is 24.6 Å². The molecule has 1 unspecified atom stereocenters. The molecule has 23 heavy (non-hydrogen) atoms. The Bertz CT molecular complexity index is 688. The lowest BCUT2D eigenvalue weighted by atomic mass is 10.3. The SMILES string of the molecule is CCCCN=C1Nc2ccc(OC)cc2S(=O)(=O)N1C(C)OC. The van der Waals surface area contributed by atoms with E-state index in [4.69, 9.17) is 9.47 Å². The fraction of sp³-hybridized carbons (Fsp3) is 0.533. The van der Waals surface area contributed by atoms with Crippen LogP contribution in [0.25, 0.3) is 0 Å². The lowest BCUT2D eigenvalue weighted by Crippen LogP contribution is -2.50. The minimum absolute atomic E-state index is 0.148. The first-order valence-electron chi connectivity index (χ1n) is 7.52. The van der Waals surface area contributed by atoms with Crippen molar-refractivity contribution in [2.75, 3.05) is 26.1 Å². The summed E-state index contributed by atoms with van der Waals surface area (Å²) in [7, 11) is -0.817. The van der Waals surface area contributed by atoms with Gasteiger partial charge in [0.15, 0.2) is 0 Å². The highest BCUT2D eigenvalue weighted by atomic mass is 32.2. The van der Waals surface area contributed by atoms with Gasteiger partial charge in [0, 0.05) is 19.7 Å². The number of unbranched alkanes of at least 4 members (excludes halogenated alkanes) is 1. The van der Waals surface area contributed by atoms with Gasteiger partial charge in [-0.2, -0.15) is 0 Å². The Kier molecular flexibility index (Phi) is 5.48. The largest absolute Gasteiger partial charge is 0.497 e. The van der Waals surface area contributed by atoms with Crippen LogP contribution in [0.4, 0.5) is 5.69 Å². The molecular formula is C15H23N3O4S. The van der Waals surface area contributed by atoms with Crippen molar-refractivity contribution in [2.24, 2.45) is 4.99 Å². The normalized spacial score (nSPS) is 19.1. The van der Waals surface area contributed by atoms with E-state index in [9.17, 15) is 8.42 Å². The van der Waals surface area contributed by atoms with Crippen LogP contribution in [-0.2, 0) is 14.8 Å². The van der Waals surface area contributed by atoms with Gasteiger partial charge < -0.3 is 14.8 Å². The van der Waals surface area contributed by atoms with E-state index in [0.29, 0.717) is 18.0 Å². The Morgan fingerprint density at radius 2 is 2.09 bits per heavy atom. The number of nitrogens with one attached hydrogen (secondary N) is 1. The van der Waals surface area contributed by atoms with Gasteiger partial charge in [-0.05, 0) is 25.5 Å². The zero-order chi connectivity index (χ0) is 17.0. The third-order valence-corrected chi connectivity index (χ3v) is 5.51. The third kappa shape index (κ3) is 3.42. The summed E-state index contributed by atoms with van der Waals surface area (Å²) in [5, 5.41) is 3.09. The van der Waals surface area contributed by atoms with Crippen molar-refractivity contribution in [3.05, 3.63) is 18.2 Å². The first-order chi connectivity index (χ1) is 11.0. The lowest BCUT2D eigenvalue weighted by molar-refractivity contribution is 0.0603. The zero-order valence-corrected chi connectivity index (χ0v) is 14.7. The van der Waals surface area contributed by atoms with Crippen LogP contribution >= 0.6 is 0 Å². The third-order valence-electron chi connectivity index (χ3n) is 3.63. The maximum atomic E-state index is 13.0. The van der Waals surface area contributed by atoms with Gasteiger partial charge in [0.2, 0.25) is 5.96 Å². The number of hydrogen-bond donors (Lipinski definition) is 1. The highest BCUT2D eigenvalue weighted by Crippen LogP contribution is 2.34. The van der Waals surface area contributed by atoms with Crippen molar-refractivity contribution in [2.45, 2.75) is 37.8 Å². The predicted molar refractivity (Wildman–Crippen MR) is 89.3 cm³/mol. The molecular weight excluding hydrogens is 318 g/mol. The molecule has 1 aliphatic heterocycles. The number of ether oxygens (including phenoxy) is 2. The predicted octanol–water partition coefficient (Wildman–Crippen LogP) is 2.26. The van der Waals surface area contributed by atoms with Crippen LogP contribution in [0.15, 0.2) is 28.1 Å². The zero-order valence-electron chi connectivity index (χ0n) is 13.9. The van der Waals surface area contributed by atoms with Crippen LogP contribution in [0.5, 0.6) is 5.75 Å². The van der Waals surface area contributed by atoms with Gasteiger partial charge in [-0.1, -0.05) is 13.3 Å². The first kappa shape index (κ1) is 17.6. The quantitative estimate of drug-likeness (QED) is 0.803. The second-order valence-electron chi connectivity index (χ2n) is 5.18. The van der Waals surface area contributed by atoms with Crippen molar-refractivity contribution in [3.8, 4) is 5.75 Å². The molecule has 0 amide bonds. The van der Waals surface area contributed by atoms with Crippen molar-refractivity contribution >= 4 is 21.7 Å². The average molecular weight is 341 g/mol. The van der Waals surface area contributed by atoms with E-state index in [1.54, 1.807) is 19.1 Å². The summed E-state index contributed by atoms with van der Waals surface area (Å²) in [5.74, 6) is 0.760. The fourth-order valence-electron chi connectivity index (χ4n) is 2.26. The summed E-state index contributed by atoms with van der Waals surface area (Å²) in [4.78, 5) is 4.55. The van der Waals surface area contributed by atoms with E-state index >= 15 is 0 Å². The Labute approximate surface area is 137 Å². The molecule has 0 radical (unpaired) electrons. The molecule has 0 saturated carbocycles. The van der Waals surface area contributed by atoms with Crippen LogP contribution in [0.2, 0.25) is 0 Å². The highest BCUT2D eigenvalue weighted by molar-refractivity contribution is 7.90. The molecule has 0 aliphatic carbocycles. The van der Waals surface area contributed by atoms with Gasteiger partial charge in [-0.25, -0.2) is 12.7 Å². The van der Waals surface area contributed by atoms with Gasteiger partial charge in [0.1, 0.15) is 16.9 Å². The molecule has 0 fully saturated rings. The smallest absolute Gasteiger partial charge is 0.270 e. The van der Waals surface area contributed by atoms with E-state index in [1.807, 2.05) is 0 Å². The molecule has 0 bridgehead atoms. The van der Waals surface area contributed by atoms with Crippen LogP contribution in [0.1, 0.15) is 26.7 Å². The maximum absolute atomic E-state index is 13.0. The van der Waals surface area contributed by atoms with Crippen LogP contribution in [0.3, 0.4) is 0 Å². The minimum Gasteiger partial charge on any atom is -0.497 e. The summed E-state index contributed by atoms with van der Waals surface area (Å²) in [6.07, 6.45) is 1.19. The monoisotopic (exact) mass is 341 g/mol.